The van der Waals surface area contributed by atoms with Crippen LogP contribution in [-0.2, 0) is 24.4 Å². The number of hydrogen-bond acceptors (Lipinski definition) is 4. The Morgan fingerprint density at radius 3 is 2.00 bits per heavy atom. The largest absolute Gasteiger partial charge is 0.351 e. The molecule has 0 radical (unpaired) electrons. The van der Waals surface area contributed by atoms with E-state index in [2.05, 4.69) is 10.6 Å². The summed E-state index contributed by atoms with van der Waals surface area (Å²) >= 11 is 0. The lowest BCUT2D eigenvalue weighted by molar-refractivity contribution is -0.120. The molecule has 1 amide bonds. The Morgan fingerprint density at radius 2 is 1.55 bits per heavy atom. The zero-order valence-corrected chi connectivity index (χ0v) is 12.6. The molecule has 0 aliphatic heterocycles. The van der Waals surface area contributed by atoms with Crippen molar-refractivity contribution < 1.29 is 4.79 Å². The highest BCUT2D eigenvalue weighted by Gasteiger charge is 2.11. The molecule has 0 aliphatic rings. The first-order valence-corrected chi connectivity index (χ1v) is 6.87. The lowest BCUT2D eigenvalue weighted by atomic mass is 10.1. The van der Waals surface area contributed by atoms with Crippen molar-refractivity contribution in [2.24, 2.45) is 11.5 Å². The van der Waals surface area contributed by atoms with Crippen LogP contribution in [0, 0.1) is 0 Å². The van der Waals surface area contributed by atoms with Crippen molar-refractivity contribution in [3.05, 3.63) is 34.9 Å². The van der Waals surface area contributed by atoms with Crippen molar-refractivity contribution in [2.45, 2.75) is 45.9 Å². The van der Waals surface area contributed by atoms with Gasteiger partial charge in [0.25, 0.3) is 0 Å². The summed E-state index contributed by atoms with van der Waals surface area (Å²) < 4.78 is 0. The quantitative estimate of drug-likeness (QED) is 0.613. The molecule has 1 rings (SSSR count). The van der Waals surface area contributed by atoms with Crippen LogP contribution >= 0.6 is 0 Å². The van der Waals surface area contributed by atoms with Crippen LogP contribution in [-0.4, -0.2) is 18.0 Å². The van der Waals surface area contributed by atoms with Crippen LogP contribution in [0.4, 0.5) is 0 Å². The molecule has 0 fully saturated rings. The first kappa shape index (κ1) is 16.6. The molecule has 0 saturated heterocycles. The zero-order valence-electron chi connectivity index (χ0n) is 12.6. The minimum absolute atomic E-state index is 0.0209. The van der Waals surface area contributed by atoms with Gasteiger partial charge in [0.2, 0.25) is 5.91 Å². The molecular weight excluding hydrogens is 252 g/mol. The molecule has 0 aromatic heterocycles. The van der Waals surface area contributed by atoms with Crippen molar-refractivity contribution in [1.29, 1.82) is 0 Å². The average molecular weight is 278 g/mol. The number of hydrogen-bond donors (Lipinski definition) is 4. The molecule has 112 valence electrons. The van der Waals surface area contributed by atoms with Crippen molar-refractivity contribution >= 4 is 5.91 Å². The van der Waals surface area contributed by atoms with E-state index in [-0.39, 0.29) is 11.4 Å². The fraction of sp³-hybridized carbons (Fsp3) is 0.533. The predicted octanol–water partition coefficient (Wildman–Crippen LogP) is 0.608. The molecule has 6 N–H and O–H groups in total. The third-order valence-corrected chi connectivity index (χ3v) is 2.85. The van der Waals surface area contributed by atoms with Gasteiger partial charge >= 0.3 is 0 Å². The highest BCUT2D eigenvalue weighted by molar-refractivity contribution is 5.78. The van der Waals surface area contributed by atoms with Gasteiger partial charge in [0.1, 0.15) is 0 Å². The van der Waals surface area contributed by atoms with Crippen molar-refractivity contribution in [2.75, 3.05) is 6.54 Å². The molecule has 5 nitrogen and oxygen atoms in total. The van der Waals surface area contributed by atoms with Gasteiger partial charge in [-0.15, -0.1) is 0 Å². The van der Waals surface area contributed by atoms with Gasteiger partial charge in [-0.1, -0.05) is 18.2 Å². The molecule has 20 heavy (non-hydrogen) atoms. The van der Waals surface area contributed by atoms with E-state index in [9.17, 15) is 4.79 Å². The SMILES string of the molecule is CC(C)(C)NCC(=O)NCc1cc(CN)cc(CN)c1. The molecular formula is C15H26N4O. The topological polar surface area (TPSA) is 93.2 Å². The highest BCUT2D eigenvalue weighted by atomic mass is 16.1. The van der Waals surface area contributed by atoms with Gasteiger partial charge in [-0.25, -0.2) is 0 Å². The lowest BCUT2D eigenvalue weighted by Gasteiger charge is -2.20. The second-order valence-electron chi connectivity index (χ2n) is 5.95. The zero-order chi connectivity index (χ0) is 15.2. The number of benzene rings is 1. The number of rotatable bonds is 6. The van der Waals surface area contributed by atoms with Crippen LogP contribution in [0.5, 0.6) is 0 Å². The Bertz CT molecular complexity index is 429. The molecule has 1 aromatic carbocycles. The van der Waals surface area contributed by atoms with Gasteiger partial charge in [0, 0.05) is 25.2 Å². The average Bonchev–Trinajstić information content (AvgIpc) is 2.41. The summed E-state index contributed by atoms with van der Waals surface area (Å²) in [6, 6.07) is 5.99. The fourth-order valence-electron chi connectivity index (χ4n) is 1.79. The van der Waals surface area contributed by atoms with Crippen molar-refractivity contribution in [3.63, 3.8) is 0 Å². The maximum Gasteiger partial charge on any atom is 0.234 e. The number of carbonyl (C=O) groups excluding carboxylic acids is 1. The molecule has 0 heterocycles. The monoisotopic (exact) mass is 278 g/mol. The summed E-state index contributed by atoms with van der Waals surface area (Å²) in [5.41, 5.74) is 14.3. The summed E-state index contributed by atoms with van der Waals surface area (Å²) in [5.74, 6) is -0.0209. The molecule has 0 spiro atoms. The summed E-state index contributed by atoms with van der Waals surface area (Å²) in [6.45, 7) is 7.83. The van der Waals surface area contributed by atoms with E-state index in [1.54, 1.807) is 0 Å². The van der Waals surface area contributed by atoms with Crippen LogP contribution in [0.25, 0.3) is 0 Å². The summed E-state index contributed by atoms with van der Waals surface area (Å²) in [4.78, 5) is 11.7. The Balaban J connectivity index is 2.54. The van der Waals surface area contributed by atoms with Gasteiger partial charge in [-0.05, 0) is 37.5 Å². The molecule has 0 unspecified atom stereocenters. The van der Waals surface area contributed by atoms with Crippen LogP contribution < -0.4 is 22.1 Å². The smallest absolute Gasteiger partial charge is 0.234 e. The van der Waals surface area contributed by atoms with E-state index in [1.165, 1.54) is 0 Å². The minimum atomic E-state index is -0.0659. The summed E-state index contributed by atoms with van der Waals surface area (Å²) in [5, 5.41) is 6.04. The highest BCUT2D eigenvalue weighted by Crippen LogP contribution is 2.10. The van der Waals surface area contributed by atoms with Crippen LogP contribution in [0.2, 0.25) is 0 Å². The minimum Gasteiger partial charge on any atom is -0.351 e. The van der Waals surface area contributed by atoms with E-state index in [4.69, 9.17) is 11.5 Å². The second-order valence-corrected chi connectivity index (χ2v) is 5.95. The third-order valence-electron chi connectivity index (χ3n) is 2.85. The third kappa shape index (κ3) is 6.14. The van der Waals surface area contributed by atoms with Crippen molar-refractivity contribution in [3.8, 4) is 0 Å². The number of nitrogens with one attached hydrogen (secondary N) is 2. The first-order chi connectivity index (χ1) is 9.34. The lowest BCUT2D eigenvalue weighted by Crippen LogP contribution is -2.43. The molecule has 0 aliphatic carbocycles. The molecule has 0 atom stereocenters. The predicted molar refractivity (Wildman–Crippen MR) is 81.8 cm³/mol. The first-order valence-electron chi connectivity index (χ1n) is 6.87. The maximum atomic E-state index is 11.7. The van der Waals surface area contributed by atoms with Crippen LogP contribution in [0.1, 0.15) is 37.5 Å². The van der Waals surface area contributed by atoms with E-state index in [0.717, 1.165) is 16.7 Å². The van der Waals surface area contributed by atoms with Gasteiger partial charge < -0.3 is 22.1 Å². The molecule has 5 heteroatoms. The Hall–Kier alpha value is -1.43. The van der Waals surface area contributed by atoms with Gasteiger partial charge in [-0.3, -0.25) is 4.79 Å². The van der Waals surface area contributed by atoms with E-state index >= 15 is 0 Å². The Kier molecular flexibility index (Phi) is 6.13. The van der Waals surface area contributed by atoms with Crippen LogP contribution in [0.3, 0.4) is 0 Å². The Morgan fingerprint density at radius 1 is 1.05 bits per heavy atom. The second kappa shape index (κ2) is 7.38. The summed E-state index contributed by atoms with van der Waals surface area (Å²) in [7, 11) is 0. The maximum absolute atomic E-state index is 11.7. The normalized spacial score (nSPS) is 11.4. The molecule has 1 aromatic rings. The number of carbonyl (C=O) groups is 1. The van der Waals surface area contributed by atoms with Crippen LogP contribution in [0.15, 0.2) is 18.2 Å². The standard InChI is InChI=1S/C15H26N4O/c1-15(2,3)19-10-14(20)18-9-13-5-11(7-16)4-12(6-13)8-17/h4-6,19H,7-10,16-17H2,1-3H3,(H,18,20). The van der Waals surface area contributed by atoms with E-state index < -0.39 is 0 Å². The Labute approximate surface area is 121 Å². The van der Waals surface area contributed by atoms with Gasteiger partial charge in [0.05, 0.1) is 6.54 Å². The number of amides is 1. The summed E-state index contributed by atoms with van der Waals surface area (Å²) in [6.07, 6.45) is 0. The van der Waals surface area contributed by atoms with Gasteiger partial charge in [0.15, 0.2) is 0 Å². The van der Waals surface area contributed by atoms with Crippen molar-refractivity contribution in [1.82, 2.24) is 10.6 Å². The van der Waals surface area contributed by atoms with Gasteiger partial charge in [-0.2, -0.15) is 0 Å². The molecule has 0 saturated carbocycles. The number of nitrogens with two attached hydrogens (primary N) is 2. The van der Waals surface area contributed by atoms with E-state index in [0.29, 0.717) is 26.2 Å². The van der Waals surface area contributed by atoms with E-state index in [1.807, 2.05) is 39.0 Å². The molecule has 0 bridgehead atoms. The fourth-order valence-corrected chi connectivity index (χ4v) is 1.79.